The third-order valence-electron chi connectivity index (χ3n) is 5.43. The van der Waals surface area contributed by atoms with E-state index >= 15 is 0 Å². The van der Waals surface area contributed by atoms with Crippen molar-refractivity contribution in [3.63, 3.8) is 0 Å². The third kappa shape index (κ3) is 3.92. The second-order valence-corrected chi connectivity index (χ2v) is 7.50. The molecule has 0 saturated heterocycles. The summed E-state index contributed by atoms with van der Waals surface area (Å²) in [5.74, 6) is 0.480. The van der Waals surface area contributed by atoms with Crippen molar-refractivity contribution in [3.8, 4) is 17.1 Å². The zero-order valence-electron chi connectivity index (χ0n) is 17.1. The van der Waals surface area contributed by atoms with Gasteiger partial charge in [0.05, 0.1) is 11.3 Å². The van der Waals surface area contributed by atoms with Gasteiger partial charge in [-0.25, -0.2) is 19.3 Å². The number of rotatable bonds is 5. The number of hydrogen-bond donors (Lipinski definition) is 2. The summed E-state index contributed by atoms with van der Waals surface area (Å²) in [6.07, 6.45) is 4.31. The highest BCUT2D eigenvalue weighted by Crippen LogP contribution is 2.30. The predicted octanol–water partition coefficient (Wildman–Crippen LogP) is 4.68. The second-order valence-electron chi connectivity index (χ2n) is 7.50. The molecule has 2 N–H and O–H groups in total. The smallest absolute Gasteiger partial charge is 0.181 e. The minimum absolute atomic E-state index is 0.186. The number of imidazole rings is 1. The van der Waals surface area contributed by atoms with Gasteiger partial charge in [-0.15, -0.1) is 0 Å². The fraction of sp³-hybridized carbons (Fsp3) is 0.208. The summed E-state index contributed by atoms with van der Waals surface area (Å²) in [4.78, 5) is 16.4. The first-order valence-corrected chi connectivity index (χ1v) is 10.3. The number of H-pyrrole nitrogens is 1. The summed E-state index contributed by atoms with van der Waals surface area (Å²) in [5, 5.41) is 3.29. The molecule has 156 valence electrons. The van der Waals surface area contributed by atoms with E-state index in [-0.39, 0.29) is 6.10 Å². The summed E-state index contributed by atoms with van der Waals surface area (Å²) in [6.45, 7) is 3.64. The molecule has 0 fully saturated rings. The average molecular weight is 415 g/mol. The fourth-order valence-corrected chi connectivity index (χ4v) is 3.79. The summed E-state index contributed by atoms with van der Waals surface area (Å²) >= 11 is 0. The molecule has 6 nitrogen and oxygen atoms in total. The van der Waals surface area contributed by atoms with Crippen LogP contribution in [0.4, 0.5) is 4.39 Å². The predicted molar refractivity (Wildman–Crippen MR) is 118 cm³/mol. The Morgan fingerprint density at radius 3 is 2.74 bits per heavy atom. The highest BCUT2D eigenvalue weighted by Gasteiger charge is 2.18. The van der Waals surface area contributed by atoms with E-state index in [2.05, 4.69) is 31.3 Å². The molecule has 5 rings (SSSR count). The molecule has 4 aromatic rings. The Bertz CT molecular complexity index is 1250. The van der Waals surface area contributed by atoms with Crippen LogP contribution in [0.15, 0.2) is 60.9 Å². The maximum atomic E-state index is 15.0. The standard InChI is InChI=1S/C24H22FN5O/c1-15(16-5-3-2-4-6-16)31-18-7-8-19(20(25)13-18)23-29-22-21(17-9-11-26-12-10-17)27-14-28-24(22)30-23/h2-9,13-15,26H,10-12H2,1H3,(H,27,28,29,30)/t15-/m0/s1. The van der Waals surface area contributed by atoms with E-state index in [1.807, 2.05) is 37.3 Å². The topological polar surface area (TPSA) is 75.7 Å². The van der Waals surface area contributed by atoms with Crippen LogP contribution in [0, 0.1) is 5.82 Å². The van der Waals surface area contributed by atoms with E-state index < -0.39 is 5.82 Å². The summed E-state index contributed by atoms with van der Waals surface area (Å²) in [5.41, 5.74) is 4.60. The number of fused-ring (bicyclic) bond motifs is 1. The van der Waals surface area contributed by atoms with Gasteiger partial charge >= 0.3 is 0 Å². The number of halogens is 1. The van der Waals surface area contributed by atoms with E-state index in [9.17, 15) is 4.39 Å². The third-order valence-corrected chi connectivity index (χ3v) is 5.43. The van der Waals surface area contributed by atoms with Crippen LogP contribution in [0.5, 0.6) is 5.75 Å². The lowest BCUT2D eigenvalue weighted by atomic mass is 10.1. The maximum Gasteiger partial charge on any atom is 0.181 e. The van der Waals surface area contributed by atoms with Crippen molar-refractivity contribution in [2.45, 2.75) is 19.4 Å². The molecule has 1 atom stereocenters. The summed E-state index contributed by atoms with van der Waals surface area (Å²) in [6, 6.07) is 14.7. The molecule has 0 unspecified atom stereocenters. The number of aromatic amines is 1. The quantitative estimate of drug-likeness (QED) is 0.495. The molecule has 0 aliphatic carbocycles. The van der Waals surface area contributed by atoms with Crippen molar-refractivity contribution in [2.75, 3.05) is 13.1 Å². The molecule has 2 aromatic heterocycles. The minimum atomic E-state index is -0.410. The molecule has 0 spiro atoms. The highest BCUT2D eigenvalue weighted by molar-refractivity contribution is 5.87. The lowest BCUT2D eigenvalue weighted by molar-refractivity contribution is 0.226. The largest absolute Gasteiger partial charge is 0.486 e. The SMILES string of the molecule is C[C@H](Oc1ccc(-c2nc3ncnc(C4=CCNCC4)c3[nH]2)c(F)c1)c1ccccc1. The van der Waals surface area contributed by atoms with Gasteiger partial charge < -0.3 is 15.0 Å². The fourth-order valence-electron chi connectivity index (χ4n) is 3.79. The molecular weight excluding hydrogens is 393 g/mol. The van der Waals surface area contributed by atoms with Gasteiger partial charge in [0.25, 0.3) is 0 Å². The number of nitrogens with zero attached hydrogens (tertiary/aromatic N) is 3. The number of hydrogen-bond acceptors (Lipinski definition) is 5. The maximum absolute atomic E-state index is 15.0. The molecule has 2 aromatic carbocycles. The van der Waals surface area contributed by atoms with Gasteiger partial charge in [-0.3, -0.25) is 0 Å². The molecule has 0 amide bonds. The van der Waals surface area contributed by atoms with E-state index in [1.165, 1.54) is 12.4 Å². The lowest BCUT2D eigenvalue weighted by Gasteiger charge is -2.15. The summed E-state index contributed by atoms with van der Waals surface area (Å²) < 4.78 is 20.9. The zero-order chi connectivity index (χ0) is 21.2. The first-order valence-electron chi connectivity index (χ1n) is 10.3. The van der Waals surface area contributed by atoms with Gasteiger partial charge in [-0.2, -0.15) is 0 Å². The van der Waals surface area contributed by atoms with Crippen molar-refractivity contribution in [2.24, 2.45) is 0 Å². The van der Waals surface area contributed by atoms with Crippen LogP contribution in [0.3, 0.4) is 0 Å². The molecule has 1 aliphatic heterocycles. The average Bonchev–Trinajstić information content (AvgIpc) is 3.24. The van der Waals surface area contributed by atoms with Gasteiger partial charge in [-0.1, -0.05) is 36.4 Å². The van der Waals surface area contributed by atoms with Crippen LogP contribution in [0.2, 0.25) is 0 Å². The van der Waals surface area contributed by atoms with Crippen LogP contribution in [-0.4, -0.2) is 33.0 Å². The Kier molecular flexibility index (Phi) is 5.18. The molecule has 7 heteroatoms. The molecule has 3 heterocycles. The first kappa shape index (κ1) is 19.4. The number of ether oxygens (including phenoxy) is 1. The minimum Gasteiger partial charge on any atom is -0.486 e. The number of aromatic nitrogens is 4. The van der Waals surface area contributed by atoms with Crippen molar-refractivity contribution in [1.29, 1.82) is 0 Å². The van der Waals surface area contributed by atoms with Crippen molar-refractivity contribution in [1.82, 2.24) is 25.3 Å². The van der Waals surface area contributed by atoms with Gasteiger partial charge in [-0.05, 0) is 43.2 Å². The molecule has 1 aliphatic rings. The Morgan fingerprint density at radius 2 is 1.97 bits per heavy atom. The van der Waals surface area contributed by atoms with Gasteiger partial charge in [0.15, 0.2) is 5.65 Å². The Morgan fingerprint density at radius 1 is 1.10 bits per heavy atom. The Balaban J connectivity index is 1.44. The Labute approximate surface area is 179 Å². The van der Waals surface area contributed by atoms with Crippen molar-refractivity contribution in [3.05, 3.63) is 78.0 Å². The van der Waals surface area contributed by atoms with Crippen LogP contribution < -0.4 is 10.1 Å². The number of benzene rings is 2. The molecule has 0 saturated carbocycles. The Hall–Kier alpha value is -3.58. The van der Waals surface area contributed by atoms with Gasteiger partial charge in [0.1, 0.15) is 35.3 Å². The normalized spacial score (nSPS) is 15.0. The van der Waals surface area contributed by atoms with Crippen molar-refractivity contribution >= 4 is 16.7 Å². The van der Waals surface area contributed by atoms with E-state index in [4.69, 9.17) is 4.74 Å². The number of nitrogens with one attached hydrogen (secondary N) is 2. The first-order chi connectivity index (χ1) is 15.2. The monoisotopic (exact) mass is 415 g/mol. The van der Waals surface area contributed by atoms with Crippen LogP contribution in [-0.2, 0) is 0 Å². The van der Waals surface area contributed by atoms with E-state index in [0.717, 1.165) is 41.9 Å². The second kappa shape index (κ2) is 8.28. The van der Waals surface area contributed by atoms with Crippen LogP contribution in [0.25, 0.3) is 28.1 Å². The van der Waals surface area contributed by atoms with Gasteiger partial charge in [0, 0.05) is 12.6 Å². The molecular formula is C24H22FN5O. The lowest BCUT2D eigenvalue weighted by Crippen LogP contribution is -2.20. The highest BCUT2D eigenvalue weighted by atomic mass is 19.1. The summed E-state index contributed by atoms with van der Waals surface area (Å²) in [7, 11) is 0. The van der Waals surface area contributed by atoms with Crippen LogP contribution >= 0.6 is 0 Å². The zero-order valence-corrected chi connectivity index (χ0v) is 17.1. The molecule has 0 bridgehead atoms. The van der Waals surface area contributed by atoms with Crippen molar-refractivity contribution < 1.29 is 9.13 Å². The van der Waals surface area contributed by atoms with Gasteiger partial charge in [0.2, 0.25) is 0 Å². The van der Waals surface area contributed by atoms with Crippen LogP contribution in [0.1, 0.15) is 30.7 Å². The van der Waals surface area contributed by atoms with E-state index in [1.54, 1.807) is 12.1 Å². The molecule has 31 heavy (non-hydrogen) atoms. The van der Waals surface area contributed by atoms with E-state index in [0.29, 0.717) is 22.8 Å². The molecule has 0 radical (unpaired) electrons.